The molecule has 3 aliphatic heterocycles. The lowest BCUT2D eigenvalue weighted by molar-refractivity contribution is -0.148. The molecule has 3 fully saturated rings. The van der Waals surface area contributed by atoms with Gasteiger partial charge in [-0.25, -0.2) is 4.79 Å². The molecule has 0 aromatic carbocycles. The summed E-state index contributed by atoms with van der Waals surface area (Å²) in [7, 11) is 0. The maximum atomic E-state index is 12.5. The molecule has 3 aliphatic rings. The quantitative estimate of drug-likeness (QED) is 0.783. The zero-order valence-corrected chi connectivity index (χ0v) is 14.0. The van der Waals surface area contributed by atoms with Gasteiger partial charge in [0.25, 0.3) is 0 Å². The van der Waals surface area contributed by atoms with Gasteiger partial charge in [-0.1, -0.05) is 0 Å². The number of ether oxygens (including phenoxy) is 2. The van der Waals surface area contributed by atoms with Crippen molar-refractivity contribution in [3.63, 3.8) is 0 Å². The van der Waals surface area contributed by atoms with E-state index in [1.165, 1.54) is 0 Å². The van der Waals surface area contributed by atoms with Gasteiger partial charge < -0.3 is 19.5 Å². The van der Waals surface area contributed by atoms with Crippen molar-refractivity contribution in [2.24, 2.45) is 0 Å². The molecule has 4 atom stereocenters. The minimum Gasteiger partial charge on any atom is -0.480 e. The van der Waals surface area contributed by atoms with Gasteiger partial charge in [0.1, 0.15) is 11.6 Å². The highest BCUT2D eigenvalue weighted by Gasteiger charge is 2.49. The van der Waals surface area contributed by atoms with Crippen molar-refractivity contribution in [1.29, 1.82) is 0 Å². The smallest absolute Gasteiger partial charge is 0.410 e. The molecule has 0 spiro atoms. The van der Waals surface area contributed by atoms with Crippen LogP contribution in [0.3, 0.4) is 0 Å². The van der Waals surface area contributed by atoms with E-state index in [1.807, 2.05) is 25.7 Å². The molecular weight excluding hydrogens is 300 g/mol. The Morgan fingerprint density at radius 1 is 1.26 bits per heavy atom. The lowest BCUT2D eigenvalue weighted by Gasteiger charge is -2.48. The first-order valence-corrected chi connectivity index (χ1v) is 8.36. The summed E-state index contributed by atoms with van der Waals surface area (Å²) < 4.78 is 11.4. The molecule has 0 aromatic rings. The van der Waals surface area contributed by atoms with Crippen LogP contribution in [-0.2, 0) is 14.3 Å². The lowest BCUT2D eigenvalue weighted by Crippen LogP contribution is -2.63. The Labute approximate surface area is 136 Å². The van der Waals surface area contributed by atoms with Gasteiger partial charge in [0.15, 0.2) is 0 Å². The van der Waals surface area contributed by atoms with E-state index in [2.05, 4.69) is 0 Å². The number of carboxylic acid groups (broad SMARTS) is 1. The molecule has 0 aromatic heterocycles. The monoisotopic (exact) mass is 326 g/mol. The van der Waals surface area contributed by atoms with Gasteiger partial charge in [0, 0.05) is 19.1 Å². The van der Waals surface area contributed by atoms with Crippen molar-refractivity contribution in [2.45, 2.75) is 69.9 Å². The molecule has 130 valence electrons. The largest absolute Gasteiger partial charge is 0.480 e. The normalized spacial score (nSPS) is 34.7. The lowest BCUT2D eigenvalue weighted by atomic mass is 9.93. The summed E-state index contributed by atoms with van der Waals surface area (Å²) in [5.74, 6) is -0.759. The highest BCUT2D eigenvalue weighted by molar-refractivity contribution is 5.74. The van der Waals surface area contributed by atoms with Crippen LogP contribution in [0.2, 0.25) is 0 Å². The van der Waals surface area contributed by atoms with Crippen LogP contribution in [0.4, 0.5) is 4.79 Å². The number of amides is 1. The van der Waals surface area contributed by atoms with Crippen LogP contribution in [0.15, 0.2) is 0 Å². The topological polar surface area (TPSA) is 79.3 Å². The van der Waals surface area contributed by atoms with Gasteiger partial charge in [0.05, 0.1) is 18.8 Å². The van der Waals surface area contributed by atoms with Gasteiger partial charge in [-0.3, -0.25) is 9.69 Å². The van der Waals surface area contributed by atoms with Gasteiger partial charge >= 0.3 is 12.1 Å². The molecule has 0 aliphatic carbocycles. The molecule has 3 rings (SSSR count). The van der Waals surface area contributed by atoms with E-state index < -0.39 is 17.6 Å². The van der Waals surface area contributed by atoms with Crippen molar-refractivity contribution >= 4 is 12.1 Å². The maximum Gasteiger partial charge on any atom is 0.410 e. The fourth-order valence-electron chi connectivity index (χ4n) is 4.00. The molecule has 1 N–H and O–H groups in total. The van der Waals surface area contributed by atoms with Crippen LogP contribution in [0.1, 0.15) is 40.0 Å². The molecule has 4 unspecified atom stereocenters. The Hall–Kier alpha value is -1.34. The van der Waals surface area contributed by atoms with Crippen molar-refractivity contribution in [3.05, 3.63) is 0 Å². The molecule has 3 saturated heterocycles. The first kappa shape index (κ1) is 16.5. The number of aliphatic carboxylic acids is 1. The van der Waals surface area contributed by atoms with Crippen LogP contribution in [0, 0.1) is 0 Å². The van der Waals surface area contributed by atoms with Gasteiger partial charge in [-0.05, 0) is 40.0 Å². The molecule has 0 bridgehead atoms. The molecule has 7 nitrogen and oxygen atoms in total. The molecular formula is C16H26N2O5. The second-order valence-corrected chi connectivity index (χ2v) is 7.67. The van der Waals surface area contributed by atoms with E-state index in [4.69, 9.17) is 9.47 Å². The Morgan fingerprint density at radius 3 is 2.65 bits per heavy atom. The van der Waals surface area contributed by atoms with Crippen molar-refractivity contribution in [1.82, 2.24) is 9.80 Å². The summed E-state index contributed by atoms with van der Waals surface area (Å²) in [6.07, 6.45) is 1.87. The minimum absolute atomic E-state index is 0.0209. The molecule has 1 amide bonds. The number of carboxylic acids is 1. The van der Waals surface area contributed by atoms with Crippen molar-refractivity contribution in [3.8, 4) is 0 Å². The third kappa shape index (κ3) is 3.30. The van der Waals surface area contributed by atoms with E-state index in [1.54, 1.807) is 4.90 Å². The van der Waals surface area contributed by atoms with E-state index in [9.17, 15) is 14.7 Å². The first-order valence-electron chi connectivity index (χ1n) is 8.36. The van der Waals surface area contributed by atoms with E-state index in [0.29, 0.717) is 26.1 Å². The highest BCUT2D eigenvalue weighted by Crippen LogP contribution is 2.36. The van der Waals surface area contributed by atoms with Crippen LogP contribution in [0.25, 0.3) is 0 Å². The fourth-order valence-corrected chi connectivity index (χ4v) is 4.00. The Morgan fingerprint density at radius 2 is 2.00 bits per heavy atom. The Balaban J connectivity index is 1.72. The highest BCUT2D eigenvalue weighted by atomic mass is 16.6. The Kier molecular flexibility index (Phi) is 4.27. The average Bonchev–Trinajstić information content (AvgIpc) is 2.85. The van der Waals surface area contributed by atoms with Crippen molar-refractivity contribution in [2.75, 3.05) is 19.7 Å². The number of rotatable bonds is 1. The minimum atomic E-state index is -0.759. The molecule has 7 heteroatoms. The van der Waals surface area contributed by atoms with Crippen LogP contribution in [-0.4, -0.2) is 76.5 Å². The molecule has 23 heavy (non-hydrogen) atoms. The number of hydrogen-bond donors (Lipinski definition) is 1. The summed E-state index contributed by atoms with van der Waals surface area (Å²) in [6.45, 7) is 7.16. The summed E-state index contributed by atoms with van der Waals surface area (Å²) in [5, 5.41) is 9.35. The van der Waals surface area contributed by atoms with E-state index >= 15 is 0 Å². The SMILES string of the molecule is CC(C)(C)OC(=O)N1CCOC2CN3C(CCC3C(=O)O)CC21. The maximum absolute atomic E-state index is 12.5. The number of carbonyl (C=O) groups excluding carboxylic acids is 1. The fraction of sp³-hybridized carbons (Fsp3) is 0.875. The van der Waals surface area contributed by atoms with Crippen molar-refractivity contribution < 1.29 is 24.2 Å². The number of carbonyl (C=O) groups is 2. The third-order valence-corrected chi connectivity index (χ3v) is 4.95. The van der Waals surface area contributed by atoms with Gasteiger partial charge in [-0.15, -0.1) is 0 Å². The second kappa shape index (κ2) is 5.94. The number of morpholine rings is 1. The number of fused-ring (bicyclic) bond motifs is 2. The third-order valence-electron chi connectivity index (χ3n) is 4.95. The number of hydrogen-bond acceptors (Lipinski definition) is 5. The summed E-state index contributed by atoms with van der Waals surface area (Å²) >= 11 is 0. The molecule has 0 saturated carbocycles. The summed E-state index contributed by atoms with van der Waals surface area (Å²) in [5.41, 5.74) is -0.520. The van der Waals surface area contributed by atoms with Gasteiger partial charge in [-0.2, -0.15) is 0 Å². The molecule has 0 radical (unpaired) electrons. The predicted molar refractivity (Wildman–Crippen MR) is 82.2 cm³/mol. The summed E-state index contributed by atoms with van der Waals surface area (Å²) in [4.78, 5) is 27.7. The predicted octanol–water partition coefficient (Wildman–Crippen LogP) is 1.31. The van der Waals surface area contributed by atoms with Gasteiger partial charge in [0.2, 0.25) is 0 Å². The van der Waals surface area contributed by atoms with Crippen LogP contribution < -0.4 is 0 Å². The Bertz CT molecular complexity index is 489. The number of piperidine rings is 1. The standard InChI is InChI=1S/C16H26N2O5/c1-16(2,3)23-15(21)17-6-7-22-13-9-18-10(8-12(13)17)4-5-11(18)14(19)20/h10-13H,4-9H2,1-3H3,(H,19,20). The van der Waals surface area contributed by atoms with Crippen LogP contribution in [0.5, 0.6) is 0 Å². The van der Waals surface area contributed by atoms with E-state index in [-0.39, 0.29) is 24.3 Å². The number of nitrogens with zero attached hydrogens (tertiary/aromatic N) is 2. The van der Waals surface area contributed by atoms with E-state index in [0.717, 1.165) is 12.8 Å². The first-order chi connectivity index (χ1) is 10.8. The second-order valence-electron chi connectivity index (χ2n) is 7.67. The zero-order chi connectivity index (χ0) is 16.8. The average molecular weight is 326 g/mol. The van der Waals surface area contributed by atoms with Crippen LogP contribution >= 0.6 is 0 Å². The zero-order valence-electron chi connectivity index (χ0n) is 14.0. The summed E-state index contributed by atoms with van der Waals surface area (Å²) in [6, 6.07) is -0.224. The molecule has 3 heterocycles.